The molecule has 8 heteroatoms. The van der Waals surface area contributed by atoms with Crippen LogP contribution in [0.2, 0.25) is 0 Å². The first kappa shape index (κ1) is 16.1. The van der Waals surface area contributed by atoms with Crippen LogP contribution in [0.3, 0.4) is 0 Å². The maximum Gasteiger partial charge on any atom is 0.261 e. The maximum atomic E-state index is 12.8. The summed E-state index contributed by atoms with van der Waals surface area (Å²) in [6.45, 7) is 3.87. The summed E-state index contributed by atoms with van der Waals surface area (Å²) in [5.74, 6) is 0.277. The van der Waals surface area contributed by atoms with Gasteiger partial charge in [0.05, 0.1) is 23.5 Å². The lowest BCUT2D eigenvalue weighted by Gasteiger charge is -2.15. The Morgan fingerprint density at radius 3 is 2.96 bits per heavy atom. The topological polar surface area (TPSA) is 86.3 Å². The molecule has 0 aliphatic rings. The normalized spacial score (nSPS) is 11.4. The second-order valence-electron chi connectivity index (χ2n) is 6.28. The van der Waals surface area contributed by atoms with E-state index in [0.29, 0.717) is 22.6 Å². The van der Waals surface area contributed by atoms with Crippen molar-refractivity contribution in [3.05, 3.63) is 48.5 Å². The molecule has 0 aliphatic carbocycles. The third kappa shape index (κ3) is 2.85. The van der Waals surface area contributed by atoms with Gasteiger partial charge in [0.15, 0.2) is 5.65 Å². The average Bonchev–Trinajstić information content (AvgIpc) is 3.17. The monoisotopic (exact) mass is 350 g/mol. The van der Waals surface area contributed by atoms with Gasteiger partial charge >= 0.3 is 0 Å². The molecule has 3 aromatic heterocycles. The van der Waals surface area contributed by atoms with Gasteiger partial charge in [0.25, 0.3) is 5.91 Å². The van der Waals surface area contributed by atoms with E-state index >= 15 is 0 Å². The number of rotatable bonds is 4. The quantitative estimate of drug-likeness (QED) is 0.611. The van der Waals surface area contributed by atoms with Crippen molar-refractivity contribution in [2.75, 3.05) is 5.32 Å². The zero-order valence-corrected chi connectivity index (χ0v) is 14.7. The molecule has 1 N–H and O–H groups in total. The van der Waals surface area contributed by atoms with Gasteiger partial charge in [0.1, 0.15) is 11.3 Å². The number of amides is 1. The molecule has 0 radical (unpaired) electrons. The largest absolute Gasteiger partial charge is 0.489 e. The van der Waals surface area contributed by atoms with Crippen LogP contribution < -0.4 is 10.1 Å². The first-order valence-electron chi connectivity index (χ1n) is 8.25. The summed E-state index contributed by atoms with van der Waals surface area (Å²) in [5, 5.41) is 12.4. The van der Waals surface area contributed by atoms with Gasteiger partial charge in [-0.05, 0) is 26.0 Å². The Kier molecular flexibility index (Phi) is 3.80. The Hall–Kier alpha value is -3.42. The van der Waals surface area contributed by atoms with E-state index < -0.39 is 0 Å². The lowest BCUT2D eigenvalue weighted by Crippen LogP contribution is -2.14. The molecule has 26 heavy (non-hydrogen) atoms. The van der Waals surface area contributed by atoms with E-state index in [1.807, 2.05) is 39.2 Å². The number of hydrogen-bond donors (Lipinski definition) is 1. The lowest BCUT2D eigenvalue weighted by molar-refractivity contribution is 0.102. The molecular weight excluding hydrogens is 332 g/mol. The average molecular weight is 350 g/mol. The molecule has 1 amide bonds. The number of carbonyl (C=O) groups is 1. The van der Waals surface area contributed by atoms with Crippen molar-refractivity contribution in [2.45, 2.75) is 20.0 Å². The number of hydrogen-bond acceptors (Lipinski definition) is 5. The maximum absolute atomic E-state index is 12.8. The summed E-state index contributed by atoms with van der Waals surface area (Å²) in [4.78, 5) is 17.0. The summed E-state index contributed by atoms with van der Waals surface area (Å²) in [7, 11) is 1.85. The molecule has 4 rings (SSSR count). The van der Waals surface area contributed by atoms with Gasteiger partial charge in [0.2, 0.25) is 0 Å². The molecule has 0 fully saturated rings. The minimum absolute atomic E-state index is 0.0366. The Bertz CT molecular complexity index is 1110. The molecular formula is C18H18N6O2. The highest BCUT2D eigenvalue weighted by molar-refractivity contribution is 6.09. The highest BCUT2D eigenvalue weighted by atomic mass is 16.5. The molecule has 0 atom stereocenters. The van der Waals surface area contributed by atoms with Crippen molar-refractivity contribution < 1.29 is 9.53 Å². The SMILES string of the molecule is CC(C)Oc1cc2nn(C)cc2cc1NC(=O)c1cnn2cccnc12. The number of carbonyl (C=O) groups excluding carboxylic acids is 1. The fourth-order valence-corrected chi connectivity index (χ4v) is 2.80. The number of benzene rings is 1. The van der Waals surface area contributed by atoms with E-state index in [9.17, 15) is 4.79 Å². The predicted octanol–water partition coefficient (Wildman–Crippen LogP) is 2.66. The molecule has 0 aliphatic heterocycles. The summed E-state index contributed by atoms with van der Waals surface area (Å²) >= 11 is 0. The minimum atomic E-state index is -0.296. The second-order valence-corrected chi connectivity index (χ2v) is 6.28. The van der Waals surface area contributed by atoms with Crippen LogP contribution in [0.4, 0.5) is 5.69 Å². The zero-order valence-electron chi connectivity index (χ0n) is 14.7. The van der Waals surface area contributed by atoms with Crippen LogP contribution in [0.5, 0.6) is 5.75 Å². The van der Waals surface area contributed by atoms with E-state index in [0.717, 1.165) is 10.9 Å². The van der Waals surface area contributed by atoms with Gasteiger partial charge in [-0.3, -0.25) is 9.48 Å². The number of aryl methyl sites for hydroxylation is 1. The molecule has 0 saturated heterocycles. The van der Waals surface area contributed by atoms with Crippen LogP contribution in [0.25, 0.3) is 16.6 Å². The van der Waals surface area contributed by atoms with Crippen molar-refractivity contribution in [3.63, 3.8) is 0 Å². The Morgan fingerprint density at radius 2 is 2.15 bits per heavy atom. The number of nitrogens with zero attached hydrogens (tertiary/aromatic N) is 5. The highest BCUT2D eigenvalue weighted by Crippen LogP contribution is 2.31. The number of aromatic nitrogens is 5. The summed E-state index contributed by atoms with van der Waals surface area (Å²) < 4.78 is 9.16. The van der Waals surface area contributed by atoms with E-state index in [4.69, 9.17) is 4.74 Å². The molecule has 0 unspecified atom stereocenters. The van der Waals surface area contributed by atoms with Gasteiger partial charge in [-0.25, -0.2) is 9.50 Å². The zero-order chi connectivity index (χ0) is 18.3. The smallest absolute Gasteiger partial charge is 0.261 e. The van der Waals surface area contributed by atoms with E-state index in [-0.39, 0.29) is 12.0 Å². The highest BCUT2D eigenvalue weighted by Gasteiger charge is 2.17. The Labute approximate surface area is 149 Å². The predicted molar refractivity (Wildman–Crippen MR) is 97.4 cm³/mol. The number of ether oxygens (including phenoxy) is 1. The van der Waals surface area contributed by atoms with Crippen LogP contribution in [0, 0.1) is 0 Å². The standard InChI is InChI=1S/C18H18N6O2/c1-11(2)26-16-8-14-12(10-23(3)22-14)7-15(16)21-18(25)13-9-20-24-6-4-5-19-17(13)24/h4-11H,1-3H3,(H,21,25). The summed E-state index contributed by atoms with van der Waals surface area (Å²) in [5.41, 5.74) is 2.28. The summed E-state index contributed by atoms with van der Waals surface area (Å²) in [6, 6.07) is 5.45. The van der Waals surface area contributed by atoms with E-state index in [1.54, 1.807) is 27.7 Å². The Morgan fingerprint density at radius 1 is 1.31 bits per heavy atom. The minimum Gasteiger partial charge on any atom is -0.489 e. The molecule has 1 aromatic carbocycles. The number of nitrogens with one attached hydrogen (secondary N) is 1. The molecule has 8 nitrogen and oxygen atoms in total. The first-order valence-corrected chi connectivity index (χ1v) is 8.25. The van der Waals surface area contributed by atoms with Crippen LogP contribution in [0.1, 0.15) is 24.2 Å². The third-order valence-electron chi connectivity index (χ3n) is 3.86. The molecule has 4 aromatic rings. The van der Waals surface area contributed by atoms with Crippen LogP contribution in [0.15, 0.2) is 43.0 Å². The molecule has 0 saturated carbocycles. The van der Waals surface area contributed by atoms with Gasteiger partial charge in [-0.15, -0.1) is 0 Å². The molecule has 3 heterocycles. The third-order valence-corrected chi connectivity index (χ3v) is 3.86. The fraction of sp³-hybridized carbons (Fsp3) is 0.222. The van der Waals surface area contributed by atoms with Crippen LogP contribution >= 0.6 is 0 Å². The van der Waals surface area contributed by atoms with Crippen molar-refractivity contribution >= 4 is 28.1 Å². The van der Waals surface area contributed by atoms with Crippen LogP contribution in [-0.4, -0.2) is 36.4 Å². The number of anilines is 1. The van der Waals surface area contributed by atoms with Gasteiger partial charge < -0.3 is 10.1 Å². The van der Waals surface area contributed by atoms with Crippen LogP contribution in [-0.2, 0) is 7.05 Å². The van der Waals surface area contributed by atoms with Crippen molar-refractivity contribution in [1.82, 2.24) is 24.4 Å². The molecule has 132 valence electrons. The number of fused-ring (bicyclic) bond motifs is 2. The van der Waals surface area contributed by atoms with Crippen molar-refractivity contribution in [1.29, 1.82) is 0 Å². The van der Waals surface area contributed by atoms with Crippen molar-refractivity contribution in [3.8, 4) is 5.75 Å². The van der Waals surface area contributed by atoms with Gasteiger partial charge in [0, 0.05) is 37.1 Å². The Balaban J connectivity index is 1.74. The van der Waals surface area contributed by atoms with E-state index in [1.165, 1.54) is 6.20 Å². The second kappa shape index (κ2) is 6.14. The first-order chi connectivity index (χ1) is 12.5. The van der Waals surface area contributed by atoms with E-state index in [2.05, 4.69) is 20.5 Å². The molecule has 0 spiro atoms. The van der Waals surface area contributed by atoms with Gasteiger partial charge in [-0.2, -0.15) is 10.2 Å². The van der Waals surface area contributed by atoms with Gasteiger partial charge in [-0.1, -0.05) is 0 Å². The van der Waals surface area contributed by atoms with Crippen molar-refractivity contribution in [2.24, 2.45) is 7.05 Å². The lowest BCUT2D eigenvalue weighted by atomic mass is 10.2. The summed E-state index contributed by atoms with van der Waals surface area (Å²) in [6.07, 6.45) is 6.73. The molecule has 0 bridgehead atoms. The fourth-order valence-electron chi connectivity index (χ4n) is 2.80.